The van der Waals surface area contributed by atoms with Crippen molar-refractivity contribution in [3.63, 3.8) is 0 Å². The molecular formula is C43H51Cl2N13O10. The summed E-state index contributed by atoms with van der Waals surface area (Å²) in [5.41, 5.74) is 2.62. The monoisotopic (exact) mass is 979 g/mol. The molecule has 0 aliphatic carbocycles. The largest absolute Gasteiger partial charge is 0.382 e. The third-order valence-corrected chi connectivity index (χ3v) is 10.9. The van der Waals surface area contributed by atoms with Crippen LogP contribution in [0.25, 0.3) is 11.5 Å². The number of imide groups is 2. The number of urea groups is 1. The summed E-state index contributed by atoms with van der Waals surface area (Å²) in [6.07, 6.45) is 7.21. The highest BCUT2D eigenvalue weighted by Crippen LogP contribution is 2.33. The SMILES string of the molecule is CCCOCCC(=O)N(C)[C@@H](C)c1c(NC(=O)Nc2cnc(-n3nccn3)c(Cl)c2)cnc2cc(Cl)nn12.COCCOCCOCCNc1cccc2c1C(=O)N(C1CCC(=O)NC1=O)C2=O. The second-order valence-corrected chi connectivity index (χ2v) is 15.9. The van der Waals surface area contributed by atoms with Crippen molar-refractivity contribution in [1.29, 1.82) is 0 Å². The smallest absolute Gasteiger partial charge is 0.323 e. The number of amides is 7. The third-order valence-electron chi connectivity index (χ3n) is 10.4. The lowest BCUT2D eigenvalue weighted by atomic mass is 10.0. The second-order valence-electron chi connectivity index (χ2n) is 15.1. The minimum Gasteiger partial charge on any atom is -0.382 e. The van der Waals surface area contributed by atoms with Crippen LogP contribution >= 0.6 is 23.2 Å². The quantitative estimate of drug-likeness (QED) is 0.0594. The Morgan fingerprint density at radius 1 is 0.912 bits per heavy atom. The number of halogens is 2. The molecule has 0 spiro atoms. The van der Waals surface area contributed by atoms with Crippen LogP contribution in [0.4, 0.5) is 21.9 Å². The minimum atomic E-state index is -0.982. The lowest BCUT2D eigenvalue weighted by Gasteiger charge is -2.27. The van der Waals surface area contributed by atoms with E-state index in [1.165, 1.54) is 40.2 Å². The van der Waals surface area contributed by atoms with E-state index >= 15 is 0 Å². The summed E-state index contributed by atoms with van der Waals surface area (Å²) in [5, 5.41) is 23.5. The normalized spacial score (nSPS) is 14.9. The van der Waals surface area contributed by atoms with E-state index in [-0.39, 0.29) is 46.5 Å². The molecule has 2 aliphatic rings. The summed E-state index contributed by atoms with van der Waals surface area (Å²) in [5.74, 6) is -1.91. The molecule has 5 aromatic rings. The Morgan fingerprint density at radius 2 is 1.65 bits per heavy atom. The molecule has 4 N–H and O–H groups in total. The number of carbonyl (C=O) groups excluding carboxylic acids is 6. The lowest BCUT2D eigenvalue weighted by Crippen LogP contribution is -2.54. The van der Waals surface area contributed by atoms with Crippen molar-refractivity contribution >= 4 is 81.5 Å². The molecule has 1 fully saturated rings. The Balaban J connectivity index is 0.000000230. The summed E-state index contributed by atoms with van der Waals surface area (Å²) < 4.78 is 22.6. The summed E-state index contributed by atoms with van der Waals surface area (Å²) in [6.45, 7) is 7.48. The van der Waals surface area contributed by atoms with Gasteiger partial charge in [-0.1, -0.05) is 36.2 Å². The van der Waals surface area contributed by atoms with E-state index in [0.29, 0.717) is 87.0 Å². The van der Waals surface area contributed by atoms with Crippen LogP contribution in [-0.4, -0.2) is 153 Å². The lowest BCUT2D eigenvalue weighted by molar-refractivity contribution is -0.136. The first-order valence-corrected chi connectivity index (χ1v) is 22.3. The van der Waals surface area contributed by atoms with Gasteiger partial charge in [-0.25, -0.2) is 19.3 Å². The number of rotatable bonds is 21. The highest BCUT2D eigenvalue weighted by atomic mass is 35.5. The molecule has 0 saturated carbocycles. The van der Waals surface area contributed by atoms with E-state index in [9.17, 15) is 28.8 Å². The van der Waals surface area contributed by atoms with Crippen LogP contribution in [-0.2, 0) is 33.3 Å². The van der Waals surface area contributed by atoms with Gasteiger partial charge in [0.1, 0.15) is 6.04 Å². The molecule has 25 heteroatoms. The van der Waals surface area contributed by atoms with E-state index in [2.05, 4.69) is 46.5 Å². The van der Waals surface area contributed by atoms with Crippen LogP contribution in [0, 0.1) is 0 Å². The molecule has 4 aromatic heterocycles. The fourth-order valence-electron chi connectivity index (χ4n) is 7.04. The van der Waals surface area contributed by atoms with Crippen LogP contribution in [0.1, 0.15) is 72.0 Å². The van der Waals surface area contributed by atoms with Gasteiger partial charge in [0.05, 0.1) is 110 Å². The molecule has 1 unspecified atom stereocenters. The fourth-order valence-corrected chi connectivity index (χ4v) is 7.46. The predicted molar refractivity (Wildman–Crippen MR) is 247 cm³/mol. The zero-order chi connectivity index (χ0) is 48.7. The number of carbonyl (C=O) groups is 6. The molecule has 6 heterocycles. The highest BCUT2D eigenvalue weighted by molar-refractivity contribution is 6.32. The summed E-state index contributed by atoms with van der Waals surface area (Å²) >= 11 is 12.4. The molecule has 1 saturated heterocycles. The van der Waals surface area contributed by atoms with Crippen LogP contribution in [0.2, 0.25) is 10.2 Å². The predicted octanol–water partition coefficient (Wildman–Crippen LogP) is 4.17. The van der Waals surface area contributed by atoms with Crippen molar-refractivity contribution in [1.82, 2.24) is 49.7 Å². The van der Waals surface area contributed by atoms with Crippen LogP contribution in [0.15, 0.2) is 55.1 Å². The van der Waals surface area contributed by atoms with Gasteiger partial charge in [-0.15, -0.1) is 4.80 Å². The number of benzene rings is 1. The van der Waals surface area contributed by atoms with Crippen molar-refractivity contribution in [3.05, 3.63) is 82.1 Å². The zero-order valence-electron chi connectivity index (χ0n) is 37.7. The maximum atomic E-state index is 13.0. The molecule has 68 heavy (non-hydrogen) atoms. The van der Waals surface area contributed by atoms with Gasteiger partial charge in [-0.3, -0.25) is 34.2 Å². The minimum absolute atomic E-state index is 0.0848. The molecule has 1 aromatic carbocycles. The van der Waals surface area contributed by atoms with E-state index < -0.39 is 41.7 Å². The highest BCUT2D eigenvalue weighted by Gasteiger charge is 2.45. The Bertz CT molecular complexity index is 2600. The number of hydrogen-bond acceptors (Lipinski definition) is 16. The number of anilines is 3. The maximum absolute atomic E-state index is 13.0. The Morgan fingerprint density at radius 3 is 2.37 bits per heavy atom. The van der Waals surface area contributed by atoms with E-state index in [1.807, 2.05) is 13.8 Å². The summed E-state index contributed by atoms with van der Waals surface area (Å²) in [7, 11) is 3.28. The van der Waals surface area contributed by atoms with Crippen molar-refractivity contribution in [2.75, 3.05) is 82.9 Å². The number of nitrogens with one attached hydrogen (secondary N) is 4. The Hall–Kier alpha value is -6.63. The maximum Gasteiger partial charge on any atom is 0.323 e. The number of nitrogens with zero attached hydrogens (tertiary/aromatic N) is 9. The van der Waals surface area contributed by atoms with Gasteiger partial charge in [0.2, 0.25) is 17.7 Å². The fraction of sp³-hybridized carbons (Fsp3) is 0.419. The molecule has 2 aliphatic heterocycles. The summed E-state index contributed by atoms with van der Waals surface area (Å²) in [6, 6.07) is 5.98. The first kappa shape index (κ1) is 50.8. The standard InChI is InChI=1S/C23H26Cl2N10O3.C20H25N3O7/c1-4-8-38-9-5-20(36)33(3)14(2)21-17(13-26-19-11-18(25)32-34(19)21)31-23(37)30-15-10-16(24)22(27-12-15)35-28-6-7-29-35;1-28-9-10-30-12-11-29-8-7-21-14-4-2-3-13-17(14)20(27)23(19(13)26)15-5-6-16(24)22-18(15)25/h6-7,10-14H,4-5,8-9H2,1-3H3,(H2,30,31,37);2-4,15,21H,5-12H2,1H3,(H,22,24,25)/t14-;/m0./s1. The number of piperidine rings is 1. The first-order valence-electron chi connectivity index (χ1n) is 21.5. The van der Waals surface area contributed by atoms with E-state index in [4.69, 9.17) is 42.1 Å². The molecule has 0 radical (unpaired) electrons. The number of fused-ring (bicyclic) bond motifs is 2. The number of methoxy groups -OCH3 is 1. The number of ether oxygens (including phenoxy) is 4. The molecule has 362 valence electrons. The molecule has 2 atom stereocenters. The van der Waals surface area contributed by atoms with Gasteiger partial charge in [-0.2, -0.15) is 15.3 Å². The van der Waals surface area contributed by atoms with Gasteiger partial charge < -0.3 is 39.8 Å². The van der Waals surface area contributed by atoms with Gasteiger partial charge >= 0.3 is 6.03 Å². The average Bonchev–Trinajstić information content (AvgIpc) is 4.05. The van der Waals surface area contributed by atoms with Gasteiger partial charge in [0, 0.05) is 45.5 Å². The van der Waals surface area contributed by atoms with Crippen molar-refractivity contribution in [2.24, 2.45) is 0 Å². The molecule has 23 nitrogen and oxygen atoms in total. The zero-order valence-corrected chi connectivity index (χ0v) is 39.2. The van der Waals surface area contributed by atoms with E-state index in [0.717, 1.165) is 11.3 Å². The topological polar surface area (TPSA) is 268 Å². The van der Waals surface area contributed by atoms with Crippen molar-refractivity contribution in [2.45, 2.75) is 51.6 Å². The molecule has 7 rings (SSSR count). The van der Waals surface area contributed by atoms with Crippen LogP contribution in [0.5, 0.6) is 0 Å². The molecule has 0 bridgehead atoms. The van der Waals surface area contributed by atoms with E-state index in [1.54, 1.807) is 43.3 Å². The van der Waals surface area contributed by atoms with Crippen LogP contribution < -0.4 is 21.3 Å². The van der Waals surface area contributed by atoms with Crippen LogP contribution in [0.3, 0.4) is 0 Å². The average molecular weight is 981 g/mol. The van der Waals surface area contributed by atoms with Gasteiger partial charge in [0.25, 0.3) is 11.8 Å². The second kappa shape index (κ2) is 24.4. The number of aromatic nitrogens is 7. The summed E-state index contributed by atoms with van der Waals surface area (Å²) in [4.78, 5) is 87.3. The molecule has 7 amide bonds. The van der Waals surface area contributed by atoms with Gasteiger partial charge in [-0.05, 0) is 38.0 Å². The van der Waals surface area contributed by atoms with Crippen molar-refractivity contribution < 1.29 is 47.7 Å². The number of pyridine rings is 1. The van der Waals surface area contributed by atoms with Gasteiger partial charge in [0.15, 0.2) is 16.6 Å². The molecular weight excluding hydrogens is 929 g/mol. The Labute approximate surface area is 400 Å². The number of hydrogen-bond donors (Lipinski definition) is 4. The Kier molecular flexibility index (Phi) is 18.2. The first-order chi connectivity index (χ1) is 32.8. The van der Waals surface area contributed by atoms with Crippen molar-refractivity contribution in [3.8, 4) is 5.82 Å². The third kappa shape index (κ3) is 12.7.